The minimum absolute atomic E-state index is 0.849. The average molecular weight is 273 g/mol. The first-order valence-electron chi connectivity index (χ1n) is 6.25. The summed E-state index contributed by atoms with van der Waals surface area (Å²) in [6, 6.07) is 7.86. The molecule has 0 fully saturated rings. The molecule has 0 spiro atoms. The van der Waals surface area contributed by atoms with E-state index in [1.54, 1.807) is 17.1 Å². The van der Waals surface area contributed by atoms with Crippen LogP contribution in [0.1, 0.15) is 5.56 Å². The third-order valence-corrected chi connectivity index (χ3v) is 3.19. The maximum atomic E-state index is 6.03. The van der Waals surface area contributed by atoms with Crippen LogP contribution < -0.4 is 4.43 Å². The SMILES string of the molecule is Cn1cc(/C=N/c2ccccc2O[Si](C)(C)C)cn1. The molecule has 1 heterocycles. The van der Waals surface area contributed by atoms with Crippen molar-refractivity contribution in [2.24, 2.45) is 12.0 Å². The van der Waals surface area contributed by atoms with E-state index in [4.69, 9.17) is 4.43 Å². The Hall–Kier alpha value is -1.88. The van der Waals surface area contributed by atoms with Crippen molar-refractivity contribution < 1.29 is 4.43 Å². The third kappa shape index (κ3) is 4.06. The number of hydrogen-bond acceptors (Lipinski definition) is 3. The van der Waals surface area contributed by atoms with Gasteiger partial charge < -0.3 is 4.43 Å². The Balaban J connectivity index is 2.22. The van der Waals surface area contributed by atoms with Crippen molar-refractivity contribution in [1.82, 2.24) is 9.78 Å². The van der Waals surface area contributed by atoms with E-state index in [0.717, 1.165) is 17.0 Å². The normalized spacial score (nSPS) is 12.0. The lowest BCUT2D eigenvalue weighted by Gasteiger charge is -2.20. The Morgan fingerprint density at radius 1 is 1.26 bits per heavy atom. The van der Waals surface area contributed by atoms with E-state index in [2.05, 4.69) is 29.7 Å². The molecule has 2 rings (SSSR count). The molecule has 0 saturated carbocycles. The van der Waals surface area contributed by atoms with Gasteiger partial charge in [0.25, 0.3) is 0 Å². The van der Waals surface area contributed by atoms with Gasteiger partial charge in [-0.1, -0.05) is 12.1 Å². The molecule has 100 valence electrons. The monoisotopic (exact) mass is 273 g/mol. The molecule has 0 atom stereocenters. The number of para-hydroxylation sites is 2. The van der Waals surface area contributed by atoms with E-state index < -0.39 is 8.32 Å². The van der Waals surface area contributed by atoms with E-state index in [1.165, 1.54) is 0 Å². The molecule has 0 unspecified atom stereocenters. The van der Waals surface area contributed by atoms with Crippen molar-refractivity contribution >= 4 is 20.2 Å². The lowest BCUT2D eigenvalue weighted by atomic mass is 10.3. The lowest BCUT2D eigenvalue weighted by molar-refractivity contribution is 0.559. The second kappa shape index (κ2) is 5.40. The Bertz CT molecular complexity index is 584. The van der Waals surface area contributed by atoms with Crippen molar-refractivity contribution in [3.63, 3.8) is 0 Å². The van der Waals surface area contributed by atoms with Crippen molar-refractivity contribution in [3.05, 3.63) is 42.2 Å². The zero-order valence-corrected chi connectivity index (χ0v) is 12.8. The molecule has 0 bridgehead atoms. The Labute approximate surface area is 114 Å². The van der Waals surface area contributed by atoms with Gasteiger partial charge in [0.15, 0.2) is 0 Å². The summed E-state index contributed by atoms with van der Waals surface area (Å²) < 4.78 is 7.79. The standard InChI is InChI=1S/C14H19N3OSi/c1-17-11-12(10-16-17)9-15-13-7-5-6-8-14(13)18-19(2,3)4/h5-11H,1-4H3/b15-9+. The number of nitrogens with zero attached hydrogens (tertiary/aromatic N) is 3. The molecule has 0 aliphatic rings. The molecule has 2 aromatic rings. The van der Waals surface area contributed by atoms with Gasteiger partial charge in [-0.3, -0.25) is 9.67 Å². The largest absolute Gasteiger partial charge is 0.543 e. The Morgan fingerprint density at radius 2 is 2.00 bits per heavy atom. The molecule has 4 nitrogen and oxygen atoms in total. The Morgan fingerprint density at radius 3 is 2.63 bits per heavy atom. The number of benzene rings is 1. The van der Waals surface area contributed by atoms with E-state index in [1.807, 2.05) is 37.5 Å². The van der Waals surface area contributed by atoms with Gasteiger partial charge >= 0.3 is 0 Å². The highest BCUT2D eigenvalue weighted by Crippen LogP contribution is 2.29. The van der Waals surface area contributed by atoms with Crippen LogP contribution in [0.2, 0.25) is 19.6 Å². The maximum Gasteiger partial charge on any atom is 0.242 e. The van der Waals surface area contributed by atoms with E-state index >= 15 is 0 Å². The summed E-state index contributed by atoms with van der Waals surface area (Å²) in [5.74, 6) is 0.849. The van der Waals surface area contributed by atoms with Crippen LogP contribution in [-0.2, 0) is 7.05 Å². The first-order valence-corrected chi connectivity index (χ1v) is 9.66. The molecule has 5 heteroatoms. The highest BCUT2D eigenvalue weighted by molar-refractivity contribution is 6.70. The van der Waals surface area contributed by atoms with E-state index in [-0.39, 0.29) is 0 Å². The lowest BCUT2D eigenvalue weighted by Crippen LogP contribution is -2.29. The van der Waals surface area contributed by atoms with Crippen LogP contribution in [0.3, 0.4) is 0 Å². The number of aromatic nitrogens is 2. The molecular weight excluding hydrogens is 254 g/mol. The fraction of sp³-hybridized carbons (Fsp3) is 0.286. The minimum atomic E-state index is -1.62. The second-order valence-electron chi connectivity index (χ2n) is 5.39. The van der Waals surface area contributed by atoms with Gasteiger partial charge in [-0.2, -0.15) is 5.10 Å². The third-order valence-electron chi connectivity index (χ3n) is 2.36. The van der Waals surface area contributed by atoms with Gasteiger partial charge in [0.05, 0.1) is 6.20 Å². The van der Waals surface area contributed by atoms with Crippen molar-refractivity contribution in [3.8, 4) is 5.75 Å². The van der Waals surface area contributed by atoms with Crippen LogP contribution in [0.15, 0.2) is 41.7 Å². The summed E-state index contributed by atoms with van der Waals surface area (Å²) in [6.07, 6.45) is 5.51. The summed E-state index contributed by atoms with van der Waals surface area (Å²) >= 11 is 0. The van der Waals surface area contributed by atoms with Crippen LogP contribution in [-0.4, -0.2) is 24.3 Å². The predicted octanol–water partition coefficient (Wildman–Crippen LogP) is 3.38. The first-order chi connectivity index (χ1) is 8.94. The van der Waals surface area contributed by atoms with Gasteiger partial charge in [0.2, 0.25) is 8.32 Å². The van der Waals surface area contributed by atoms with Crippen LogP contribution >= 0.6 is 0 Å². The Kier molecular flexibility index (Phi) is 3.85. The fourth-order valence-corrected chi connectivity index (χ4v) is 2.46. The molecule has 1 aromatic carbocycles. The first kappa shape index (κ1) is 13.5. The van der Waals surface area contributed by atoms with Crippen LogP contribution in [0.25, 0.3) is 0 Å². The van der Waals surface area contributed by atoms with E-state index in [9.17, 15) is 0 Å². The predicted molar refractivity (Wildman–Crippen MR) is 80.9 cm³/mol. The second-order valence-corrected chi connectivity index (χ2v) is 9.82. The van der Waals surface area contributed by atoms with Crippen molar-refractivity contribution in [1.29, 1.82) is 0 Å². The molecule has 0 radical (unpaired) electrons. The quantitative estimate of drug-likeness (QED) is 0.633. The number of hydrogen-bond donors (Lipinski definition) is 0. The highest BCUT2D eigenvalue weighted by Gasteiger charge is 2.17. The summed E-state index contributed by atoms with van der Waals surface area (Å²) in [5, 5.41) is 4.11. The summed E-state index contributed by atoms with van der Waals surface area (Å²) in [7, 11) is 0.265. The summed E-state index contributed by atoms with van der Waals surface area (Å²) in [5.41, 5.74) is 1.83. The molecule has 1 aromatic heterocycles. The number of aryl methyl sites for hydroxylation is 1. The maximum absolute atomic E-state index is 6.03. The molecule has 0 aliphatic heterocycles. The number of aliphatic imine (C=N–C) groups is 1. The van der Waals surface area contributed by atoms with Crippen LogP contribution in [0.4, 0.5) is 5.69 Å². The van der Waals surface area contributed by atoms with Gasteiger partial charge in [0, 0.05) is 25.0 Å². The van der Waals surface area contributed by atoms with Gasteiger partial charge in [-0.15, -0.1) is 0 Å². The minimum Gasteiger partial charge on any atom is -0.543 e. The topological polar surface area (TPSA) is 39.4 Å². The highest BCUT2D eigenvalue weighted by atomic mass is 28.4. The summed E-state index contributed by atoms with van der Waals surface area (Å²) in [4.78, 5) is 4.49. The zero-order valence-electron chi connectivity index (χ0n) is 11.8. The molecule has 0 aliphatic carbocycles. The van der Waals surface area contributed by atoms with Crippen LogP contribution in [0.5, 0.6) is 5.75 Å². The smallest absolute Gasteiger partial charge is 0.242 e. The molecular formula is C14H19N3OSi. The average Bonchev–Trinajstić information content (AvgIpc) is 2.72. The van der Waals surface area contributed by atoms with E-state index in [0.29, 0.717) is 0 Å². The number of rotatable bonds is 4. The zero-order chi connectivity index (χ0) is 13.9. The van der Waals surface area contributed by atoms with Crippen LogP contribution in [0, 0.1) is 0 Å². The molecule has 0 amide bonds. The van der Waals surface area contributed by atoms with Crippen molar-refractivity contribution in [2.75, 3.05) is 0 Å². The van der Waals surface area contributed by atoms with Gasteiger partial charge in [-0.25, -0.2) is 0 Å². The summed E-state index contributed by atoms with van der Waals surface area (Å²) in [6.45, 7) is 6.48. The van der Waals surface area contributed by atoms with Gasteiger partial charge in [-0.05, 0) is 31.8 Å². The van der Waals surface area contributed by atoms with Gasteiger partial charge in [0.1, 0.15) is 11.4 Å². The fourth-order valence-electron chi connectivity index (χ4n) is 1.63. The molecule has 19 heavy (non-hydrogen) atoms. The molecule has 0 saturated heterocycles. The molecule has 0 N–H and O–H groups in total. The van der Waals surface area contributed by atoms with Crippen molar-refractivity contribution in [2.45, 2.75) is 19.6 Å².